The molecule has 2 rings (SSSR count). The predicted octanol–water partition coefficient (Wildman–Crippen LogP) is 2.90. The van der Waals surface area contributed by atoms with Crippen molar-refractivity contribution in [1.29, 1.82) is 0 Å². The number of halogens is 1. The van der Waals surface area contributed by atoms with Crippen molar-refractivity contribution in [3.8, 4) is 0 Å². The second-order valence-electron chi connectivity index (χ2n) is 5.91. The van der Waals surface area contributed by atoms with Gasteiger partial charge < -0.3 is 0 Å². The van der Waals surface area contributed by atoms with E-state index in [1.165, 1.54) is 0 Å². The van der Waals surface area contributed by atoms with Gasteiger partial charge in [0.25, 0.3) is 0 Å². The Kier molecular flexibility index (Phi) is 3.50. The van der Waals surface area contributed by atoms with Crippen LogP contribution in [0.15, 0.2) is 12.1 Å². The van der Waals surface area contributed by atoms with E-state index in [4.69, 9.17) is 11.6 Å². The molecule has 0 saturated carbocycles. The molecule has 0 aliphatic heterocycles. The Morgan fingerprint density at radius 1 is 1.30 bits per heavy atom. The van der Waals surface area contributed by atoms with Crippen LogP contribution in [0.2, 0.25) is 5.02 Å². The van der Waals surface area contributed by atoms with Crippen molar-refractivity contribution in [2.75, 3.05) is 11.0 Å². The smallest absolute Gasteiger partial charge is 0.231 e. The number of benzene rings is 1. The lowest BCUT2D eigenvalue weighted by Crippen LogP contribution is -2.13. The van der Waals surface area contributed by atoms with Gasteiger partial charge >= 0.3 is 0 Å². The van der Waals surface area contributed by atoms with Crippen molar-refractivity contribution < 1.29 is 8.42 Å². The van der Waals surface area contributed by atoms with Crippen molar-refractivity contribution in [3.05, 3.63) is 22.7 Å². The zero-order valence-corrected chi connectivity index (χ0v) is 13.7. The van der Waals surface area contributed by atoms with Crippen LogP contribution in [0.5, 0.6) is 0 Å². The molecule has 0 spiro atoms. The molecular formula is C13H18ClN3O2S. The first-order chi connectivity index (χ1) is 9.00. The van der Waals surface area contributed by atoms with E-state index >= 15 is 0 Å². The molecule has 0 saturated heterocycles. The summed E-state index contributed by atoms with van der Waals surface area (Å²) in [5.74, 6) is 0.265. The molecule has 5 nitrogen and oxygen atoms in total. The Morgan fingerprint density at radius 3 is 2.40 bits per heavy atom. The van der Waals surface area contributed by atoms with Crippen molar-refractivity contribution in [3.63, 3.8) is 0 Å². The molecule has 2 aromatic rings. The molecule has 0 aliphatic rings. The zero-order valence-electron chi connectivity index (χ0n) is 12.2. The first kappa shape index (κ1) is 15.1. The third kappa shape index (κ3) is 2.76. The van der Waals surface area contributed by atoms with E-state index in [2.05, 4.69) is 30.6 Å². The maximum atomic E-state index is 11.4. The standard InChI is InChI=1S/C13H18ClN3O2S/c1-13(2,3)8-6-7-9(14)10-11(8)17(4)15-12(10)16-20(5,18)19/h6-7H,1-5H3,(H,15,16). The van der Waals surface area contributed by atoms with E-state index in [0.717, 1.165) is 17.3 Å². The normalized spacial score (nSPS) is 12.9. The maximum Gasteiger partial charge on any atom is 0.231 e. The van der Waals surface area contributed by atoms with Gasteiger partial charge in [-0.15, -0.1) is 0 Å². The Balaban J connectivity index is 2.83. The van der Waals surface area contributed by atoms with Gasteiger partial charge in [-0.2, -0.15) is 5.10 Å². The first-order valence-corrected chi connectivity index (χ1v) is 8.41. The summed E-state index contributed by atoms with van der Waals surface area (Å²) in [6, 6.07) is 3.73. The lowest BCUT2D eigenvalue weighted by Gasteiger charge is -2.20. The number of rotatable bonds is 2. The number of hydrogen-bond donors (Lipinski definition) is 1. The highest BCUT2D eigenvalue weighted by molar-refractivity contribution is 7.92. The van der Waals surface area contributed by atoms with E-state index in [9.17, 15) is 8.42 Å². The minimum Gasteiger partial charge on any atom is -0.266 e. The summed E-state index contributed by atoms with van der Waals surface area (Å²) >= 11 is 6.24. The van der Waals surface area contributed by atoms with Crippen LogP contribution in [-0.4, -0.2) is 24.5 Å². The largest absolute Gasteiger partial charge is 0.266 e. The van der Waals surface area contributed by atoms with Gasteiger partial charge in [0.1, 0.15) is 0 Å². The lowest BCUT2D eigenvalue weighted by molar-refractivity contribution is 0.590. The molecule has 20 heavy (non-hydrogen) atoms. The summed E-state index contributed by atoms with van der Waals surface area (Å²) in [5, 5.41) is 5.36. The Bertz CT molecular complexity index is 773. The molecular weight excluding hydrogens is 298 g/mol. The highest BCUT2D eigenvalue weighted by atomic mass is 35.5. The second kappa shape index (κ2) is 4.63. The van der Waals surface area contributed by atoms with Crippen LogP contribution in [0.1, 0.15) is 26.3 Å². The summed E-state index contributed by atoms with van der Waals surface area (Å²) in [6.45, 7) is 6.27. The Hall–Kier alpha value is -1.27. The average Bonchev–Trinajstić information content (AvgIpc) is 2.53. The number of hydrogen-bond acceptors (Lipinski definition) is 3. The Labute approximate surface area is 124 Å². The molecule has 0 atom stereocenters. The van der Waals surface area contributed by atoms with Gasteiger partial charge in [0.2, 0.25) is 10.0 Å². The van der Waals surface area contributed by atoms with Crippen LogP contribution in [0.3, 0.4) is 0 Å². The zero-order chi connectivity index (χ0) is 15.3. The fraction of sp³-hybridized carbons (Fsp3) is 0.462. The molecule has 1 aromatic carbocycles. The third-order valence-corrected chi connectivity index (χ3v) is 3.91. The van der Waals surface area contributed by atoms with Crippen LogP contribution in [0.4, 0.5) is 5.82 Å². The minimum atomic E-state index is -3.40. The van der Waals surface area contributed by atoms with E-state index in [0.29, 0.717) is 10.4 Å². The fourth-order valence-corrected chi connectivity index (χ4v) is 2.97. The summed E-state index contributed by atoms with van der Waals surface area (Å²) in [5.41, 5.74) is 1.81. The highest BCUT2D eigenvalue weighted by Crippen LogP contribution is 2.37. The Morgan fingerprint density at radius 2 is 1.90 bits per heavy atom. The SMILES string of the molecule is Cn1nc(NS(C)(=O)=O)c2c(Cl)ccc(C(C)(C)C)c21. The maximum absolute atomic E-state index is 11.4. The summed E-state index contributed by atoms with van der Waals surface area (Å²) in [4.78, 5) is 0. The van der Waals surface area contributed by atoms with E-state index in [1.54, 1.807) is 17.8 Å². The van der Waals surface area contributed by atoms with Gasteiger partial charge in [0.05, 0.1) is 22.2 Å². The molecule has 1 N–H and O–H groups in total. The fourth-order valence-electron chi connectivity index (χ4n) is 2.23. The van der Waals surface area contributed by atoms with Gasteiger partial charge in [-0.05, 0) is 17.0 Å². The molecule has 0 aliphatic carbocycles. The number of fused-ring (bicyclic) bond motifs is 1. The topological polar surface area (TPSA) is 64.0 Å². The van der Waals surface area contributed by atoms with Gasteiger partial charge in [-0.25, -0.2) is 8.42 Å². The van der Waals surface area contributed by atoms with Gasteiger partial charge in [-0.3, -0.25) is 9.40 Å². The molecule has 0 unspecified atom stereocenters. The lowest BCUT2D eigenvalue weighted by atomic mass is 9.85. The minimum absolute atomic E-state index is 0.0982. The third-order valence-electron chi connectivity index (χ3n) is 3.03. The first-order valence-electron chi connectivity index (χ1n) is 6.14. The monoisotopic (exact) mass is 315 g/mol. The predicted molar refractivity (Wildman–Crippen MR) is 82.9 cm³/mol. The quantitative estimate of drug-likeness (QED) is 0.926. The molecule has 1 heterocycles. The summed E-state index contributed by atoms with van der Waals surface area (Å²) in [7, 11) is -1.63. The van der Waals surface area contributed by atoms with Crippen LogP contribution in [0.25, 0.3) is 10.9 Å². The summed E-state index contributed by atoms with van der Waals surface area (Å²) in [6.07, 6.45) is 1.09. The molecule has 0 bridgehead atoms. The number of aromatic nitrogens is 2. The molecule has 0 radical (unpaired) electrons. The number of anilines is 1. The van der Waals surface area contributed by atoms with Crippen LogP contribution in [0, 0.1) is 0 Å². The van der Waals surface area contributed by atoms with Crippen LogP contribution in [-0.2, 0) is 22.5 Å². The average molecular weight is 316 g/mol. The van der Waals surface area contributed by atoms with Crippen LogP contribution < -0.4 is 4.72 Å². The highest BCUT2D eigenvalue weighted by Gasteiger charge is 2.23. The van der Waals surface area contributed by atoms with Gasteiger partial charge in [0.15, 0.2) is 5.82 Å². The summed E-state index contributed by atoms with van der Waals surface area (Å²) < 4.78 is 27.0. The molecule has 1 aromatic heterocycles. The van der Waals surface area contributed by atoms with Crippen molar-refractivity contribution in [2.24, 2.45) is 7.05 Å². The van der Waals surface area contributed by atoms with Crippen molar-refractivity contribution in [1.82, 2.24) is 9.78 Å². The molecule has 0 fully saturated rings. The molecule has 110 valence electrons. The molecule has 0 amide bonds. The van der Waals surface area contributed by atoms with Gasteiger partial charge in [-0.1, -0.05) is 38.4 Å². The number of nitrogens with zero attached hydrogens (tertiary/aromatic N) is 2. The van der Waals surface area contributed by atoms with Crippen molar-refractivity contribution >= 4 is 38.3 Å². The van der Waals surface area contributed by atoms with Crippen molar-refractivity contribution in [2.45, 2.75) is 26.2 Å². The number of aryl methyl sites for hydroxylation is 1. The number of sulfonamides is 1. The van der Waals surface area contributed by atoms with Crippen LogP contribution >= 0.6 is 11.6 Å². The van der Waals surface area contributed by atoms with E-state index in [1.807, 2.05) is 6.07 Å². The number of nitrogens with one attached hydrogen (secondary N) is 1. The van der Waals surface area contributed by atoms with E-state index in [-0.39, 0.29) is 11.2 Å². The molecule has 7 heteroatoms. The van der Waals surface area contributed by atoms with E-state index < -0.39 is 10.0 Å². The van der Waals surface area contributed by atoms with Gasteiger partial charge in [0, 0.05) is 7.05 Å². The second-order valence-corrected chi connectivity index (χ2v) is 8.07.